The predicted octanol–water partition coefficient (Wildman–Crippen LogP) is 3.65. The molecule has 0 bridgehead atoms. The summed E-state index contributed by atoms with van der Waals surface area (Å²) in [6, 6.07) is 21.5. The Bertz CT molecular complexity index is 1130. The number of carbonyl (C=O) groups excluding carboxylic acids is 1. The van der Waals surface area contributed by atoms with Gasteiger partial charge in [0, 0.05) is 16.8 Å². The Morgan fingerprint density at radius 2 is 1.63 bits per heavy atom. The molecule has 0 spiro atoms. The lowest BCUT2D eigenvalue weighted by Crippen LogP contribution is -2.18. The molecule has 0 aliphatic heterocycles. The normalized spacial score (nSPS) is 11.2. The van der Waals surface area contributed by atoms with Crippen molar-refractivity contribution in [1.29, 1.82) is 0 Å². The van der Waals surface area contributed by atoms with Crippen LogP contribution in [0.4, 0.5) is 5.69 Å². The SMILES string of the molecule is CCOc1ccccc1/C=N/NC(=O)c1ccc(NS(=O)(=O)c2ccccc2)cc1. The van der Waals surface area contributed by atoms with Gasteiger partial charge in [-0.05, 0) is 55.5 Å². The van der Waals surface area contributed by atoms with Gasteiger partial charge in [-0.2, -0.15) is 5.10 Å². The molecule has 3 aromatic rings. The summed E-state index contributed by atoms with van der Waals surface area (Å²) in [4.78, 5) is 12.4. The number of hydrogen-bond donors (Lipinski definition) is 2. The molecule has 30 heavy (non-hydrogen) atoms. The summed E-state index contributed by atoms with van der Waals surface area (Å²) in [6.45, 7) is 2.41. The van der Waals surface area contributed by atoms with Crippen molar-refractivity contribution in [3.63, 3.8) is 0 Å². The minimum Gasteiger partial charge on any atom is -0.493 e. The second-order valence-corrected chi connectivity index (χ2v) is 7.85. The fraction of sp³-hybridized carbons (Fsp3) is 0.0909. The van der Waals surface area contributed by atoms with Gasteiger partial charge < -0.3 is 4.74 Å². The van der Waals surface area contributed by atoms with Gasteiger partial charge in [0.25, 0.3) is 15.9 Å². The van der Waals surface area contributed by atoms with E-state index in [-0.39, 0.29) is 4.90 Å². The van der Waals surface area contributed by atoms with E-state index in [9.17, 15) is 13.2 Å². The van der Waals surface area contributed by atoms with Crippen molar-refractivity contribution in [2.24, 2.45) is 5.10 Å². The first-order chi connectivity index (χ1) is 14.5. The molecule has 0 fully saturated rings. The molecule has 154 valence electrons. The molecule has 0 unspecified atom stereocenters. The van der Waals surface area contributed by atoms with Gasteiger partial charge in [-0.1, -0.05) is 30.3 Å². The van der Waals surface area contributed by atoms with Gasteiger partial charge in [0.2, 0.25) is 0 Å². The molecular weight excluding hydrogens is 402 g/mol. The molecule has 0 atom stereocenters. The number of amides is 1. The van der Waals surface area contributed by atoms with Gasteiger partial charge in [0.1, 0.15) is 5.75 Å². The number of hydrazone groups is 1. The highest BCUT2D eigenvalue weighted by Gasteiger charge is 2.13. The topological polar surface area (TPSA) is 96.9 Å². The Kier molecular flexibility index (Phi) is 6.82. The lowest BCUT2D eigenvalue weighted by atomic mass is 10.2. The van der Waals surface area contributed by atoms with Crippen LogP contribution in [0.5, 0.6) is 5.75 Å². The van der Waals surface area contributed by atoms with Gasteiger partial charge in [-0.3, -0.25) is 9.52 Å². The van der Waals surface area contributed by atoms with Crippen LogP contribution in [0.2, 0.25) is 0 Å². The first-order valence-corrected chi connectivity index (χ1v) is 10.7. The van der Waals surface area contributed by atoms with E-state index in [2.05, 4.69) is 15.2 Å². The first kappa shape index (κ1) is 21.1. The van der Waals surface area contributed by atoms with Crippen LogP contribution in [0, 0.1) is 0 Å². The average molecular weight is 423 g/mol. The third-order valence-electron chi connectivity index (χ3n) is 4.04. The number of ether oxygens (including phenoxy) is 1. The second kappa shape index (κ2) is 9.71. The molecule has 0 saturated carbocycles. The number of hydrogen-bond acceptors (Lipinski definition) is 5. The number of carbonyl (C=O) groups is 1. The number of benzene rings is 3. The molecule has 3 rings (SSSR count). The molecule has 0 aliphatic carbocycles. The minimum atomic E-state index is -3.69. The molecule has 2 N–H and O–H groups in total. The molecule has 7 nitrogen and oxygen atoms in total. The molecule has 0 radical (unpaired) electrons. The Morgan fingerprint density at radius 1 is 0.967 bits per heavy atom. The van der Waals surface area contributed by atoms with Gasteiger partial charge in [0.15, 0.2) is 0 Å². The number of nitrogens with zero attached hydrogens (tertiary/aromatic N) is 1. The predicted molar refractivity (Wildman–Crippen MR) is 116 cm³/mol. The lowest BCUT2D eigenvalue weighted by molar-refractivity contribution is 0.0955. The maximum atomic E-state index is 12.4. The molecule has 3 aromatic carbocycles. The lowest BCUT2D eigenvalue weighted by Gasteiger charge is -2.08. The van der Waals surface area contributed by atoms with E-state index in [0.717, 1.165) is 5.56 Å². The van der Waals surface area contributed by atoms with Crippen molar-refractivity contribution in [3.05, 3.63) is 90.0 Å². The summed E-state index contributed by atoms with van der Waals surface area (Å²) >= 11 is 0. The summed E-state index contributed by atoms with van der Waals surface area (Å²) in [7, 11) is -3.69. The number of anilines is 1. The molecule has 0 aromatic heterocycles. The fourth-order valence-corrected chi connectivity index (χ4v) is 3.68. The van der Waals surface area contributed by atoms with Crippen LogP contribution in [0.3, 0.4) is 0 Å². The smallest absolute Gasteiger partial charge is 0.271 e. The molecule has 0 heterocycles. The van der Waals surface area contributed by atoms with Gasteiger partial charge in [-0.15, -0.1) is 0 Å². The van der Waals surface area contributed by atoms with Crippen LogP contribution >= 0.6 is 0 Å². The zero-order valence-corrected chi connectivity index (χ0v) is 17.1. The molecule has 0 aliphatic rings. The number of nitrogens with one attached hydrogen (secondary N) is 2. The van der Waals surface area contributed by atoms with E-state index in [1.807, 2.05) is 31.2 Å². The maximum Gasteiger partial charge on any atom is 0.271 e. The molecule has 1 amide bonds. The first-order valence-electron chi connectivity index (χ1n) is 9.23. The van der Waals surface area contributed by atoms with Crippen molar-refractivity contribution < 1.29 is 17.9 Å². The summed E-state index contributed by atoms with van der Waals surface area (Å²) in [5.74, 6) is 0.255. The Hall–Kier alpha value is -3.65. The maximum absolute atomic E-state index is 12.4. The summed E-state index contributed by atoms with van der Waals surface area (Å²) < 4.78 is 32.7. The number of sulfonamides is 1. The third kappa shape index (κ3) is 5.45. The highest BCUT2D eigenvalue weighted by molar-refractivity contribution is 7.92. The van der Waals surface area contributed by atoms with Crippen LogP contribution < -0.4 is 14.9 Å². The van der Waals surface area contributed by atoms with Crippen LogP contribution in [-0.4, -0.2) is 27.1 Å². The van der Waals surface area contributed by atoms with Crippen molar-refractivity contribution >= 4 is 27.8 Å². The van der Waals surface area contributed by atoms with Crippen LogP contribution in [-0.2, 0) is 10.0 Å². The number of rotatable bonds is 8. The van der Waals surface area contributed by atoms with Crippen LogP contribution in [0.1, 0.15) is 22.8 Å². The standard InChI is InChI=1S/C22H21N3O4S/c1-2-29-21-11-7-6-8-18(21)16-23-24-22(26)17-12-14-19(15-13-17)25-30(27,28)20-9-4-3-5-10-20/h3-16,25H,2H2,1H3,(H,24,26)/b23-16+. The fourth-order valence-electron chi connectivity index (χ4n) is 2.60. The van der Waals surface area contributed by atoms with E-state index >= 15 is 0 Å². The quantitative estimate of drug-likeness (QED) is 0.427. The van der Waals surface area contributed by atoms with Crippen LogP contribution in [0.15, 0.2) is 88.9 Å². The summed E-state index contributed by atoms with van der Waals surface area (Å²) in [6.07, 6.45) is 1.51. The molecule has 8 heteroatoms. The monoisotopic (exact) mass is 423 g/mol. The zero-order valence-electron chi connectivity index (χ0n) is 16.3. The Balaban J connectivity index is 1.63. The van der Waals surface area contributed by atoms with Gasteiger partial charge >= 0.3 is 0 Å². The van der Waals surface area contributed by atoms with Gasteiger partial charge in [-0.25, -0.2) is 13.8 Å². The zero-order chi connectivity index (χ0) is 21.4. The average Bonchev–Trinajstić information content (AvgIpc) is 2.76. The highest BCUT2D eigenvalue weighted by atomic mass is 32.2. The van der Waals surface area contributed by atoms with Crippen LogP contribution in [0.25, 0.3) is 0 Å². The van der Waals surface area contributed by atoms with Gasteiger partial charge in [0.05, 0.1) is 17.7 Å². The Labute approximate surface area is 175 Å². The third-order valence-corrected chi connectivity index (χ3v) is 5.44. The Morgan fingerprint density at radius 3 is 2.33 bits per heavy atom. The van der Waals surface area contributed by atoms with Crippen molar-refractivity contribution in [3.8, 4) is 5.75 Å². The second-order valence-electron chi connectivity index (χ2n) is 6.17. The molecule has 0 saturated heterocycles. The summed E-state index contributed by atoms with van der Waals surface area (Å²) in [5.41, 5.74) is 3.88. The number of para-hydroxylation sites is 1. The summed E-state index contributed by atoms with van der Waals surface area (Å²) in [5, 5.41) is 3.97. The van der Waals surface area contributed by atoms with E-state index in [1.165, 1.54) is 42.6 Å². The van der Waals surface area contributed by atoms with E-state index in [0.29, 0.717) is 23.6 Å². The largest absolute Gasteiger partial charge is 0.493 e. The van der Waals surface area contributed by atoms with E-state index in [1.54, 1.807) is 18.2 Å². The van der Waals surface area contributed by atoms with E-state index < -0.39 is 15.9 Å². The minimum absolute atomic E-state index is 0.161. The highest BCUT2D eigenvalue weighted by Crippen LogP contribution is 2.17. The van der Waals surface area contributed by atoms with E-state index in [4.69, 9.17) is 4.74 Å². The molecular formula is C22H21N3O4S. The van der Waals surface area contributed by atoms with Crippen molar-refractivity contribution in [2.45, 2.75) is 11.8 Å². The van der Waals surface area contributed by atoms with Crippen molar-refractivity contribution in [2.75, 3.05) is 11.3 Å². The van der Waals surface area contributed by atoms with Crippen molar-refractivity contribution in [1.82, 2.24) is 5.43 Å².